The fraction of sp³-hybridized carbons (Fsp3) is 0.368. The molecule has 8 heteroatoms. The van der Waals surface area contributed by atoms with Gasteiger partial charge in [-0.05, 0) is 43.7 Å². The fourth-order valence-electron chi connectivity index (χ4n) is 2.62. The van der Waals surface area contributed by atoms with Gasteiger partial charge in [-0.25, -0.2) is 9.07 Å². The molecule has 0 aliphatic heterocycles. The zero-order chi connectivity index (χ0) is 19.2. The van der Waals surface area contributed by atoms with E-state index in [0.29, 0.717) is 31.2 Å². The van der Waals surface area contributed by atoms with E-state index < -0.39 is 0 Å². The summed E-state index contributed by atoms with van der Waals surface area (Å²) >= 11 is 1.37. The molecule has 3 aromatic rings. The highest BCUT2D eigenvalue weighted by molar-refractivity contribution is 7.20. The van der Waals surface area contributed by atoms with E-state index in [2.05, 4.69) is 10.4 Å². The number of rotatable bonds is 9. The Morgan fingerprint density at radius 1 is 1.26 bits per heavy atom. The Labute approximate surface area is 160 Å². The van der Waals surface area contributed by atoms with Crippen LogP contribution in [0.5, 0.6) is 0 Å². The summed E-state index contributed by atoms with van der Waals surface area (Å²) in [7, 11) is 1.63. The lowest BCUT2D eigenvalue weighted by Crippen LogP contribution is -2.24. The van der Waals surface area contributed by atoms with Crippen LogP contribution in [0.4, 0.5) is 4.39 Å². The average Bonchev–Trinajstić information content (AvgIpc) is 3.22. The van der Waals surface area contributed by atoms with Crippen molar-refractivity contribution in [3.8, 4) is 5.69 Å². The maximum absolute atomic E-state index is 13.2. The van der Waals surface area contributed by atoms with Gasteiger partial charge in [-0.15, -0.1) is 11.3 Å². The van der Waals surface area contributed by atoms with E-state index in [1.165, 1.54) is 23.5 Å². The largest absolute Gasteiger partial charge is 0.382 e. The number of thiophene rings is 1. The lowest BCUT2D eigenvalue weighted by molar-refractivity contribution is 0.0688. The van der Waals surface area contributed by atoms with Crippen molar-refractivity contribution in [3.05, 3.63) is 46.7 Å². The summed E-state index contributed by atoms with van der Waals surface area (Å²) in [6, 6.07) is 7.99. The lowest BCUT2D eigenvalue weighted by atomic mass is 10.3. The Morgan fingerprint density at radius 3 is 2.78 bits per heavy atom. The standard InChI is InChI=1S/C19H22FN3O3S/c1-13-16-12-17(18(24)21-8-3-9-26-11-10-25-2)27-19(16)23(22-13)15-6-4-14(20)5-7-15/h4-7,12H,3,8-11H2,1-2H3,(H,21,24). The zero-order valence-electron chi connectivity index (χ0n) is 15.3. The van der Waals surface area contributed by atoms with Crippen LogP contribution in [0.15, 0.2) is 30.3 Å². The van der Waals surface area contributed by atoms with E-state index in [4.69, 9.17) is 9.47 Å². The third-order valence-corrected chi connectivity index (χ3v) is 5.13. The van der Waals surface area contributed by atoms with E-state index in [-0.39, 0.29) is 11.7 Å². The highest BCUT2D eigenvalue weighted by Gasteiger charge is 2.17. The van der Waals surface area contributed by atoms with Gasteiger partial charge in [0, 0.05) is 25.6 Å². The van der Waals surface area contributed by atoms with Gasteiger partial charge in [-0.2, -0.15) is 5.10 Å². The fourth-order valence-corrected chi connectivity index (χ4v) is 3.72. The van der Waals surface area contributed by atoms with Gasteiger partial charge in [0.15, 0.2) is 0 Å². The van der Waals surface area contributed by atoms with Gasteiger partial charge in [-0.3, -0.25) is 4.79 Å². The SMILES string of the molecule is COCCOCCCNC(=O)c1cc2c(C)nn(-c3ccc(F)cc3)c2s1. The van der Waals surface area contributed by atoms with Crippen molar-refractivity contribution in [3.63, 3.8) is 0 Å². The molecule has 0 saturated heterocycles. The number of amides is 1. The van der Waals surface area contributed by atoms with Crippen LogP contribution in [0, 0.1) is 12.7 Å². The Kier molecular flexibility index (Phi) is 6.54. The van der Waals surface area contributed by atoms with Crippen LogP contribution in [0.1, 0.15) is 21.8 Å². The molecule has 1 amide bonds. The molecule has 0 bridgehead atoms. The first-order valence-corrected chi connectivity index (χ1v) is 9.52. The van der Waals surface area contributed by atoms with Gasteiger partial charge in [-0.1, -0.05) is 0 Å². The van der Waals surface area contributed by atoms with Gasteiger partial charge in [0.05, 0.1) is 29.5 Å². The molecule has 3 rings (SSSR count). The van der Waals surface area contributed by atoms with Crippen LogP contribution in [0.2, 0.25) is 0 Å². The Balaban J connectivity index is 1.65. The summed E-state index contributed by atoms with van der Waals surface area (Å²) in [5.74, 6) is -0.408. The molecule has 6 nitrogen and oxygen atoms in total. The number of carbonyl (C=O) groups is 1. The number of aryl methyl sites for hydroxylation is 1. The summed E-state index contributed by atoms with van der Waals surface area (Å²) in [5, 5.41) is 8.34. The Hall–Kier alpha value is -2.29. The molecule has 2 aromatic heterocycles. The molecule has 144 valence electrons. The van der Waals surface area contributed by atoms with Gasteiger partial charge in [0.25, 0.3) is 5.91 Å². The van der Waals surface area contributed by atoms with Crippen LogP contribution >= 0.6 is 11.3 Å². The molecule has 27 heavy (non-hydrogen) atoms. The molecule has 0 aliphatic carbocycles. The predicted octanol–water partition coefficient (Wildman–Crippen LogP) is 3.32. The molecule has 0 fully saturated rings. The number of fused-ring (bicyclic) bond motifs is 1. The average molecular weight is 391 g/mol. The predicted molar refractivity (Wildman–Crippen MR) is 103 cm³/mol. The van der Waals surface area contributed by atoms with E-state index >= 15 is 0 Å². The first-order chi connectivity index (χ1) is 13.1. The highest BCUT2D eigenvalue weighted by Crippen LogP contribution is 2.30. The van der Waals surface area contributed by atoms with Crippen molar-refractivity contribution in [2.24, 2.45) is 0 Å². The van der Waals surface area contributed by atoms with Crippen LogP contribution in [0.3, 0.4) is 0 Å². The summed E-state index contributed by atoms with van der Waals surface area (Å²) in [4.78, 5) is 13.9. The second-order valence-electron chi connectivity index (χ2n) is 6.02. The molecule has 0 atom stereocenters. The van der Waals surface area contributed by atoms with Crippen molar-refractivity contribution < 1.29 is 18.7 Å². The topological polar surface area (TPSA) is 65.4 Å². The molecule has 2 heterocycles. The number of nitrogens with zero attached hydrogens (tertiary/aromatic N) is 2. The minimum atomic E-state index is -0.295. The second kappa shape index (κ2) is 9.07. The second-order valence-corrected chi connectivity index (χ2v) is 7.05. The molecule has 0 aliphatic rings. The number of hydrogen-bond donors (Lipinski definition) is 1. The molecule has 0 unspecified atom stereocenters. The molecule has 0 spiro atoms. The quantitative estimate of drug-likeness (QED) is 0.569. The molecule has 0 radical (unpaired) electrons. The Morgan fingerprint density at radius 2 is 2.04 bits per heavy atom. The van der Waals surface area contributed by atoms with E-state index in [9.17, 15) is 9.18 Å². The third-order valence-electron chi connectivity index (χ3n) is 4.02. The third kappa shape index (κ3) is 4.71. The van der Waals surface area contributed by atoms with Crippen molar-refractivity contribution in [1.29, 1.82) is 0 Å². The maximum atomic E-state index is 13.2. The van der Waals surface area contributed by atoms with Gasteiger partial charge < -0.3 is 14.8 Å². The summed E-state index contributed by atoms with van der Waals surface area (Å²) in [6.45, 7) is 4.14. The van der Waals surface area contributed by atoms with Crippen molar-refractivity contribution in [2.45, 2.75) is 13.3 Å². The number of ether oxygens (including phenoxy) is 2. The number of aromatic nitrogens is 2. The minimum Gasteiger partial charge on any atom is -0.382 e. The molecule has 0 saturated carbocycles. The van der Waals surface area contributed by atoms with Crippen molar-refractivity contribution in [1.82, 2.24) is 15.1 Å². The highest BCUT2D eigenvalue weighted by atomic mass is 32.1. The summed E-state index contributed by atoms with van der Waals surface area (Å²) in [5.41, 5.74) is 1.59. The smallest absolute Gasteiger partial charge is 0.261 e. The van der Waals surface area contributed by atoms with Gasteiger partial charge in [0.2, 0.25) is 0 Å². The minimum absolute atomic E-state index is 0.113. The lowest BCUT2D eigenvalue weighted by Gasteiger charge is -2.05. The monoisotopic (exact) mass is 391 g/mol. The number of benzene rings is 1. The van der Waals surface area contributed by atoms with E-state index in [1.807, 2.05) is 13.0 Å². The Bertz CT molecular complexity index is 905. The number of carbonyl (C=O) groups excluding carboxylic acids is 1. The zero-order valence-corrected chi connectivity index (χ0v) is 16.1. The first-order valence-electron chi connectivity index (χ1n) is 8.70. The molecular weight excluding hydrogens is 369 g/mol. The van der Waals surface area contributed by atoms with E-state index in [0.717, 1.165) is 28.0 Å². The number of nitrogens with one attached hydrogen (secondary N) is 1. The molecular formula is C19H22FN3O3S. The molecule has 1 aromatic carbocycles. The van der Waals surface area contributed by atoms with E-state index in [1.54, 1.807) is 23.9 Å². The molecule has 1 N–H and O–H groups in total. The van der Waals surface area contributed by atoms with Crippen LogP contribution in [-0.4, -0.2) is 49.2 Å². The van der Waals surface area contributed by atoms with Crippen molar-refractivity contribution in [2.75, 3.05) is 33.5 Å². The first kappa shape index (κ1) is 19.5. The number of hydrogen-bond acceptors (Lipinski definition) is 5. The number of methoxy groups -OCH3 is 1. The number of halogens is 1. The van der Waals surface area contributed by atoms with Crippen molar-refractivity contribution >= 4 is 27.5 Å². The van der Waals surface area contributed by atoms with Crippen LogP contribution in [-0.2, 0) is 9.47 Å². The van der Waals surface area contributed by atoms with Gasteiger partial charge in [0.1, 0.15) is 10.6 Å². The maximum Gasteiger partial charge on any atom is 0.261 e. The summed E-state index contributed by atoms with van der Waals surface area (Å²) in [6.07, 6.45) is 0.739. The summed E-state index contributed by atoms with van der Waals surface area (Å²) < 4.78 is 25.2. The normalized spacial score (nSPS) is 11.2. The van der Waals surface area contributed by atoms with Crippen LogP contribution < -0.4 is 5.32 Å². The van der Waals surface area contributed by atoms with Crippen LogP contribution in [0.25, 0.3) is 15.9 Å². The van der Waals surface area contributed by atoms with Gasteiger partial charge >= 0.3 is 0 Å².